The molecule has 1 heterocycles. The van der Waals surface area contributed by atoms with E-state index in [4.69, 9.17) is 23.2 Å². The minimum absolute atomic E-state index is 0.197. The van der Waals surface area contributed by atoms with Crippen LogP contribution in [-0.4, -0.2) is 28.7 Å². The summed E-state index contributed by atoms with van der Waals surface area (Å²) in [6, 6.07) is 13.2. The van der Waals surface area contributed by atoms with Crippen molar-refractivity contribution in [3.8, 4) is 0 Å². The molecule has 7 heteroatoms. The molecule has 0 saturated carbocycles. The van der Waals surface area contributed by atoms with Crippen LogP contribution in [0.15, 0.2) is 42.5 Å². The number of amides is 2. The summed E-state index contributed by atoms with van der Waals surface area (Å²) in [6.45, 7) is 3.66. The van der Waals surface area contributed by atoms with E-state index in [0.717, 1.165) is 22.4 Å². The highest BCUT2D eigenvalue weighted by Crippen LogP contribution is 2.21. The fraction of sp³-hybridized carbons (Fsp3) is 0.263. The Morgan fingerprint density at radius 1 is 1.12 bits per heavy atom. The van der Waals surface area contributed by atoms with Crippen molar-refractivity contribution in [1.29, 1.82) is 0 Å². The van der Waals surface area contributed by atoms with Gasteiger partial charge < -0.3 is 15.2 Å². The number of benzene rings is 2. The van der Waals surface area contributed by atoms with Gasteiger partial charge in [-0.05, 0) is 43.2 Å². The number of rotatable bonds is 6. The van der Waals surface area contributed by atoms with Gasteiger partial charge in [0.15, 0.2) is 0 Å². The fourth-order valence-corrected chi connectivity index (χ4v) is 3.36. The molecule has 3 aromatic rings. The lowest BCUT2D eigenvalue weighted by Gasteiger charge is -2.10. The number of halogens is 2. The summed E-state index contributed by atoms with van der Waals surface area (Å²) >= 11 is 12.0. The molecule has 0 spiro atoms. The van der Waals surface area contributed by atoms with E-state index in [-0.39, 0.29) is 6.03 Å². The molecule has 5 nitrogen and oxygen atoms in total. The highest BCUT2D eigenvalue weighted by molar-refractivity contribution is 6.35. The molecular weight excluding hydrogens is 371 g/mol. The maximum atomic E-state index is 11.9. The van der Waals surface area contributed by atoms with E-state index in [1.54, 1.807) is 12.1 Å². The first kappa shape index (κ1) is 18.5. The van der Waals surface area contributed by atoms with Gasteiger partial charge >= 0.3 is 6.03 Å². The van der Waals surface area contributed by atoms with Gasteiger partial charge in [-0.1, -0.05) is 41.4 Å². The third-order valence-corrected chi connectivity index (χ3v) is 4.75. The Balaban J connectivity index is 1.45. The number of hydrogen-bond donors (Lipinski definition) is 2. The second kappa shape index (κ2) is 8.43. The van der Waals surface area contributed by atoms with Crippen molar-refractivity contribution < 1.29 is 4.79 Å². The van der Waals surface area contributed by atoms with E-state index < -0.39 is 0 Å². The second-order valence-corrected chi connectivity index (χ2v) is 6.81. The van der Waals surface area contributed by atoms with Gasteiger partial charge in [0.1, 0.15) is 5.82 Å². The van der Waals surface area contributed by atoms with E-state index in [9.17, 15) is 4.79 Å². The SMILES string of the molecule is Cc1nc2ccccc2n1CCNC(=O)NCCc1ccc(Cl)cc1Cl. The smallest absolute Gasteiger partial charge is 0.314 e. The van der Waals surface area contributed by atoms with Gasteiger partial charge in [0, 0.05) is 29.7 Å². The largest absolute Gasteiger partial charge is 0.338 e. The minimum Gasteiger partial charge on any atom is -0.338 e. The molecule has 1 aromatic heterocycles. The zero-order valence-corrected chi connectivity index (χ0v) is 15.9. The molecule has 3 rings (SSSR count). The number of aromatic nitrogens is 2. The van der Waals surface area contributed by atoms with Gasteiger partial charge in [-0.25, -0.2) is 9.78 Å². The van der Waals surface area contributed by atoms with Gasteiger partial charge in [0.25, 0.3) is 0 Å². The van der Waals surface area contributed by atoms with Crippen LogP contribution >= 0.6 is 23.2 Å². The number of para-hydroxylation sites is 2. The second-order valence-electron chi connectivity index (χ2n) is 5.97. The van der Waals surface area contributed by atoms with Crippen LogP contribution in [0, 0.1) is 6.92 Å². The molecule has 136 valence electrons. The van der Waals surface area contributed by atoms with E-state index in [0.29, 0.717) is 36.1 Å². The Morgan fingerprint density at radius 2 is 1.88 bits per heavy atom. The summed E-state index contributed by atoms with van der Waals surface area (Å²) in [5, 5.41) is 6.93. The van der Waals surface area contributed by atoms with Crippen LogP contribution < -0.4 is 10.6 Å². The third kappa shape index (κ3) is 4.48. The van der Waals surface area contributed by atoms with Crippen molar-refractivity contribution in [3.63, 3.8) is 0 Å². The molecule has 0 aliphatic carbocycles. The summed E-state index contributed by atoms with van der Waals surface area (Å²) in [5.41, 5.74) is 3.00. The van der Waals surface area contributed by atoms with Crippen LogP contribution in [0.3, 0.4) is 0 Å². The molecule has 0 unspecified atom stereocenters. The highest BCUT2D eigenvalue weighted by Gasteiger charge is 2.07. The Bertz CT molecular complexity index is 923. The molecule has 0 radical (unpaired) electrons. The molecule has 2 aromatic carbocycles. The fourth-order valence-electron chi connectivity index (χ4n) is 2.86. The predicted molar refractivity (Wildman–Crippen MR) is 106 cm³/mol. The molecule has 26 heavy (non-hydrogen) atoms. The van der Waals surface area contributed by atoms with Gasteiger partial charge in [0.05, 0.1) is 11.0 Å². The molecular formula is C19H20Cl2N4O. The number of carbonyl (C=O) groups is 1. The number of hydrogen-bond acceptors (Lipinski definition) is 2. The molecule has 0 saturated heterocycles. The van der Waals surface area contributed by atoms with Crippen molar-refractivity contribution in [2.24, 2.45) is 0 Å². The average molecular weight is 391 g/mol. The summed E-state index contributed by atoms with van der Waals surface area (Å²) < 4.78 is 2.10. The van der Waals surface area contributed by atoms with Gasteiger partial charge in [-0.2, -0.15) is 0 Å². The quantitative estimate of drug-likeness (QED) is 0.662. The van der Waals surface area contributed by atoms with Crippen LogP contribution in [0.4, 0.5) is 4.79 Å². The summed E-state index contributed by atoms with van der Waals surface area (Å²) in [7, 11) is 0. The van der Waals surface area contributed by atoms with Crippen LogP contribution in [-0.2, 0) is 13.0 Å². The molecule has 0 aliphatic rings. The Hall–Kier alpha value is -2.24. The number of aryl methyl sites for hydroxylation is 1. The zero-order chi connectivity index (χ0) is 18.5. The van der Waals surface area contributed by atoms with Crippen LogP contribution in [0.5, 0.6) is 0 Å². The number of nitrogens with zero attached hydrogens (tertiary/aromatic N) is 2. The zero-order valence-electron chi connectivity index (χ0n) is 14.4. The summed E-state index contributed by atoms with van der Waals surface area (Å²) in [4.78, 5) is 16.5. The molecule has 2 N–H and O–H groups in total. The first-order valence-corrected chi connectivity index (χ1v) is 9.17. The number of fused-ring (bicyclic) bond motifs is 1. The highest BCUT2D eigenvalue weighted by atomic mass is 35.5. The minimum atomic E-state index is -0.197. The number of imidazole rings is 1. The maximum Gasteiger partial charge on any atom is 0.314 e. The lowest BCUT2D eigenvalue weighted by atomic mass is 10.1. The molecule has 2 amide bonds. The molecule has 0 aliphatic heterocycles. The predicted octanol–water partition coefficient (Wildman–Crippen LogP) is 4.19. The Morgan fingerprint density at radius 3 is 2.69 bits per heavy atom. The summed E-state index contributed by atoms with van der Waals surface area (Å²) in [6.07, 6.45) is 0.648. The van der Waals surface area contributed by atoms with Gasteiger partial charge in [0.2, 0.25) is 0 Å². The van der Waals surface area contributed by atoms with Crippen LogP contribution in [0.2, 0.25) is 10.0 Å². The average Bonchev–Trinajstić information content (AvgIpc) is 2.92. The number of urea groups is 1. The van der Waals surface area contributed by atoms with E-state index >= 15 is 0 Å². The standard InChI is InChI=1S/C19H20Cl2N4O/c1-13-24-17-4-2-3-5-18(17)25(13)11-10-23-19(26)22-9-8-14-6-7-15(20)12-16(14)21/h2-7,12H,8-11H2,1H3,(H2,22,23,26). The Labute approximate surface area is 162 Å². The first-order chi connectivity index (χ1) is 12.5. The summed E-state index contributed by atoms with van der Waals surface area (Å²) in [5.74, 6) is 0.936. The van der Waals surface area contributed by atoms with Crippen molar-refractivity contribution >= 4 is 40.3 Å². The normalized spacial score (nSPS) is 10.9. The van der Waals surface area contributed by atoms with Gasteiger partial charge in [-0.15, -0.1) is 0 Å². The maximum absolute atomic E-state index is 11.9. The monoisotopic (exact) mass is 390 g/mol. The molecule has 0 bridgehead atoms. The van der Waals surface area contributed by atoms with Gasteiger partial charge in [-0.3, -0.25) is 0 Å². The topological polar surface area (TPSA) is 59.0 Å². The van der Waals surface area contributed by atoms with Crippen molar-refractivity contribution in [2.75, 3.05) is 13.1 Å². The number of carbonyl (C=O) groups excluding carboxylic acids is 1. The van der Waals surface area contributed by atoms with E-state index in [1.165, 1.54) is 0 Å². The van der Waals surface area contributed by atoms with Crippen molar-refractivity contribution in [2.45, 2.75) is 19.9 Å². The van der Waals surface area contributed by atoms with Crippen molar-refractivity contribution in [3.05, 3.63) is 63.9 Å². The molecule has 0 atom stereocenters. The number of nitrogens with one attached hydrogen (secondary N) is 2. The Kier molecular flexibility index (Phi) is 6.01. The van der Waals surface area contributed by atoms with Crippen LogP contribution in [0.25, 0.3) is 11.0 Å². The third-order valence-electron chi connectivity index (χ3n) is 4.16. The van der Waals surface area contributed by atoms with Crippen LogP contribution in [0.1, 0.15) is 11.4 Å². The lowest BCUT2D eigenvalue weighted by Crippen LogP contribution is -2.38. The van der Waals surface area contributed by atoms with E-state index in [1.807, 2.05) is 37.3 Å². The van der Waals surface area contributed by atoms with E-state index in [2.05, 4.69) is 20.2 Å². The first-order valence-electron chi connectivity index (χ1n) is 8.42. The van der Waals surface area contributed by atoms with Crippen molar-refractivity contribution in [1.82, 2.24) is 20.2 Å². The molecule has 0 fully saturated rings. The lowest BCUT2D eigenvalue weighted by molar-refractivity contribution is 0.240.